The first-order valence-electron chi connectivity index (χ1n) is 15.1. The summed E-state index contributed by atoms with van der Waals surface area (Å²) in [6.07, 6.45) is 3.92. The fourth-order valence-electron chi connectivity index (χ4n) is 6.03. The predicted molar refractivity (Wildman–Crippen MR) is 181 cm³/mol. The number of hydrogen-bond acceptors (Lipinski definition) is 9. The van der Waals surface area contributed by atoms with E-state index in [-0.39, 0.29) is 51.1 Å². The molecule has 46 heavy (non-hydrogen) atoms. The highest BCUT2D eigenvalue weighted by Gasteiger charge is 2.34. The number of anilines is 1. The van der Waals surface area contributed by atoms with Crippen LogP contribution in [0.3, 0.4) is 0 Å². The highest BCUT2D eigenvalue weighted by Crippen LogP contribution is 2.38. The van der Waals surface area contributed by atoms with Crippen molar-refractivity contribution in [1.82, 2.24) is 29.4 Å². The molecule has 0 saturated carbocycles. The monoisotopic (exact) mass is 663 g/mol. The number of carbonyl (C=O) groups is 1. The third kappa shape index (κ3) is 5.91. The normalized spacial score (nSPS) is 17.3. The van der Waals surface area contributed by atoms with E-state index in [4.69, 9.17) is 16.6 Å². The number of pyridine rings is 1. The van der Waals surface area contributed by atoms with Crippen LogP contribution in [0.15, 0.2) is 59.0 Å². The highest BCUT2D eigenvalue weighted by atomic mass is 35.5. The molecule has 1 saturated heterocycles. The maximum Gasteiger partial charge on any atom is 0.355 e. The molecule has 11 nitrogen and oxygen atoms in total. The Morgan fingerprint density at radius 1 is 1.02 bits per heavy atom. The molecule has 2 unspecified atom stereocenters. The first-order valence-corrected chi connectivity index (χ1v) is 17.4. The number of carbonyl (C=O) groups excluding carboxylic acids is 1. The number of benzene rings is 1. The fourth-order valence-corrected chi connectivity index (χ4v) is 7.17. The lowest BCUT2D eigenvalue weighted by Gasteiger charge is -2.44. The Morgan fingerprint density at radius 2 is 1.65 bits per heavy atom. The van der Waals surface area contributed by atoms with Crippen molar-refractivity contribution in [2.75, 3.05) is 24.2 Å². The van der Waals surface area contributed by atoms with Crippen LogP contribution in [-0.4, -0.2) is 75.2 Å². The largest absolute Gasteiger partial charge is 0.355 e. The quantitative estimate of drug-likeness (QED) is 0.246. The third-order valence-electron chi connectivity index (χ3n) is 8.26. The lowest BCUT2D eigenvalue weighted by Crippen LogP contribution is -2.58. The van der Waals surface area contributed by atoms with Gasteiger partial charge in [-0.25, -0.2) is 32.7 Å². The van der Waals surface area contributed by atoms with Crippen molar-refractivity contribution in [3.8, 4) is 16.9 Å². The van der Waals surface area contributed by atoms with E-state index in [9.17, 15) is 18.0 Å². The van der Waals surface area contributed by atoms with E-state index < -0.39 is 15.5 Å². The molecular weight excluding hydrogens is 626 g/mol. The SMILES string of the molecule is C=CC(=O)N1CC(C)N(c2nc(=O)n(-c3c(C(C)C)ncnc3C(C)C)c3nc(-c4ccccc4S(C)(=O)=O)c(Cl)cc23)CC1C. The number of aromatic nitrogens is 5. The van der Waals surface area contributed by atoms with E-state index in [0.717, 1.165) is 6.26 Å². The van der Waals surface area contributed by atoms with E-state index in [1.807, 2.05) is 46.4 Å². The van der Waals surface area contributed by atoms with Crippen LogP contribution in [-0.2, 0) is 14.6 Å². The molecule has 1 amide bonds. The van der Waals surface area contributed by atoms with Gasteiger partial charge < -0.3 is 9.80 Å². The number of piperazine rings is 1. The molecule has 4 heterocycles. The number of sulfone groups is 1. The number of amides is 1. The van der Waals surface area contributed by atoms with Crippen molar-refractivity contribution in [2.24, 2.45) is 0 Å². The van der Waals surface area contributed by atoms with Crippen LogP contribution in [0.4, 0.5) is 5.82 Å². The molecule has 3 aromatic heterocycles. The van der Waals surface area contributed by atoms with Gasteiger partial charge in [0.1, 0.15) is 12.1 Å². The lowest BCUT2D eigenvalue weighted by molar-refractivity contribution is -0.128. The Hall–Kier alpha value is -4.16. The maximum atomic E-state index is 14.3. The molecule has 1 fully saturated rings. The van der Waals surface area contributed by atoms with Crippen LogP contribution >= 0.6 is 11.6 Å². The molecule has 1 aliphatic rings. The van der Waals surface area contributed by atoms with Gasteiger partial charge in [0.2, 0.25) is 5.91 Å². The van der Waals surface area contributed by atoms with Crippen molar-refractivity contribution in [1.29, 1.82) is 0 Å². The molecule has 0 aliphatic carbocycles. The van der Waals surface area contributed by atoms with E-state index in [1.165, 1.54) is 23.0 Å². The summed E-state index contributed by atoms with van der Waals surface area (Å²) in [6.45, 7) is 16.2. The van der Waals surface area contributed by atoms with Crippen LogP contribution in [0.25, 0.3) is 28.0 Å². The van der Waals surface area contributed by atoms with Crippen LogP contribution in [0.1, 0.15) is 64.8 Å². The molecule has 4 aromatic rings. The first kappa shape index (κ1) is 33.2. The van der Waals surface area contributed by atoms with Gasteiger partial charge in [-0.2, -0.15) is 4.98 Å². The van der Waals surface area contributed by atoms with Crippen LogP contribution < -0.4 is 10.6 Å². The average molecular weight is 664 g/mol. The molecule has 0 bridgehead atoms. The molecule has 0 radical (unpaired) electrons. The smallest absolute Gasteiger partial charge is 0.349 e. The third-order valence-corrected chi connectivity index (χ3v) is 9.70. The van der Waals surface area contributed by atoms with Gasteiger partial charge in [-0.3, -0.25) is 4.79 Å². The Kier molecular flexibility index (Phi) is 9.07. The number of nitrogens with zero attached hydrogens (tertiary/aromatic N) is 7. The first-order chi connectivity index (χ1) is 21.6. The number of hydrogen-bond donors (Lipinski definition) is 0. The zero-order valence-corrected chi connectivity index (χ0v) is 28.6. The summed E-state index contributed by atoms with van der Waals surface area (Å²) in [4.78, 5) is 49.4. The van der Waals surface area contributed by atoms with E-state index in [2.05, 4.69) is 21.5 Å². The molecule has 1 aromatic carbocycles. The molecular formula is C33H38ClN7O4S. The number of fused-ring (bicyclic) bond motifs is 1. The van der Waals surface area contributed by atoms with Gasteiger partial charge in [0.15, 0.2) is 15.5 Å². The van der Waals surface area contributed by atoms with Gasteiger partial charge in [-0.05, 0) is 43.9 Å². The van der Waals surface area contributed by atoms with Gasteiger partial charge in [-0.15, -0.1) is 0 Å². The summed E-state index contributed by atoms with van der Waals surface area (Å²) in [6, 6.07) is 7.76. The zero-order chi connectivity index (χ0) is 33.7. The minimum atomic E-state index is -3.66. The Balaban J connectivity index is 1.89. The topological polar surface area (TPSA) is 131 Å². The second-order valence-corrected chi connectivity index (χ2v) is 14.8. The summed E-state index contributed by atoms with van der Waals surface area (Å²) in [5.41, 5.74) is 1.93. The van der Waals surface area contributed by atoms with Gasteiger partial charge >= 0.3 is 5.69 Å². The standard InChI is InChI=1S/C33H38ClN7O4S/c1-9-26(42)39-15-21(7)40(16-20(39)6)31-23-14-24(34)29(22-12-10-11-13-25(22)46(8,44)45)37-32(23)41(33(43)38-31)30-27(18(2)3)35-17-36-28(30)19(4)5/h9-14,17-21H,1,15-16H2,2-8H3. The van der Waals surface area contributed by atoms with Crippen molar-refractivity contribution in [3.05, 3.63) is 76.2 Å². The molecule has 13 heteroatoms. The Labute approximate surface area is 273 Å². The molecule has 0 spiro atoms. The molecule has 1 aliphatic heterocycles. The van der Waals surface area contributed by atoms with Crippen molar-refractivity contribution in [2.45, 2.75) is 70.4 Å². The second kappa shape index (κ2) is 12.6. The molecule has 242 valence electrons. The van der Waals surface area contributed by atoms with Crippen molar-refractivity contribution in [3.63, 3.8) is 0 Å². The summed E-state index contributed by atoms with van der Waals surface area (Å²) >= 11 is 6.94. The Bertz CT molecular complexity index is 2000. The van der Waals surface area contributed by atoms with Crippen molar-refractivity contribution >= 4 is 44.2 Å². The number of rotatable bonds is 7. The lowest BCUT2D eigenvalue weighted by atomic mass is 10.0. The maximum absolute atomic E-state index is 14.3. The summed E-state index contributed by atoms with van der Waals surface area (Å²) in [7, 11) is -3.66. The summed E-state index contributed by atoms with van der Waals surface area (Å²) < 4.78 is 27.1. The highest BCUT2D eigenvalue weighted by molar-refractivity contribution is 7.90. The number of halogens is 1. The van der Waals surface area contributed by atoms with Crippen LogP contribution in [0.2, 0.25) is 5.02 Å². The Morgan fingerprint density at radius 3 is 2.24 bits per heavy atom. The average Bonchev–Trinajstić information content (AvgIpc) is 3.00. The summed E-state index contributed by atoms with van der Waals surface area (Å²) in [5, 5.41) is 0.677. The van der Waals surface area contributed by atoms with Gasteiger partial charge in [0, 0.05) is 37.0 Å². The molecule has 0 N–H and O–H groups in total. The van der Waals surface area contributed by atoms with Gasteiger partial charge in [0.05, 0.1) is 38.1 Å². The van der Waals surface area contributed by atoms with Crippen LogP contribution in [0.5, 0.6) is 0 Å². The minimum absolute atomic E-state index is 0.0613. The molecule has 5 rings (SSSR count). The van der Waals surface area contributed by atoms with E-state index >= 15 is 0 Å². The fraction of sp³-hybridized carbons (Fsp3) is 0.394. The van der Waals surface area contributed by atoms with Gasteiger partial charge in [0.25, 0.3) is 0 Å². The predicted octanol–water partition coefficient (Wildman–Crippen LogP) is 5.15. The van der Waals surface area contributed by atoms with E-state index in [1.54, 1.807) is 29.2 Å². The van der Waals surface area contributed by atoms with E-state index in [0.29, 0.717) is 46.9 Å². The summed E-state index contributed by atoms with van der Waals surface area (Å²) in [5.74, 6) is 0.0442. The van der Waals surface area contributed by atoms with Crippen LogP contribution in [0, 0.1) is 0 Å². The van der Waals surface area contributed by atoms with Gasteiger partial charge in [-0.1, -0.05) is 64.1 Å². The minimum Gasteiger partial charge on any atom is -0.349 e. The zero-order valence-electron chi connectivity index (χ0n) is 27.0. The van der Waals surface area contributed by atoms with Crippen molar-refractivity contribution < 1.29 is 13.2 Å². The molecule has 2 atom stereocenters. The second-order valence-electron chi connectivity index (χ2n) is 12.4.